The zero-order valence-electron chi connectivity index (χ0n) is 17.9. The number of quaternary nitrogens is 2. The molecule has 0 atom stereocenters. The van der Waals surface area contributed by atoms with Gasteiger partial charge in [-0.15, -0.1) is 0 Å². The summed E-state index contributed by atoms with van der Waals surface area (Å²) in [7, 11) is 5.04. The summed E-state index contributed by atoms with van der Waals surface area (Å²) in [5.74, 6) is 2.34. The summed E-state index contributed by atoms with van der Waals surface area (Å²) in [4.78, 5) is 3.27. The SMILES string of the molecule is COc1cc(OC)c(OC)cc1C[NH+]1CC[NH+](Cc2ccc(C)cc2C)CC1. The Morgan fingerprint density at radius 3 is 1.75 bits per heavy atom. The summed E-state index contributed by atoms with van der Waals surface area (Å²) in [5.41, 5.74) is 5.41. The largest absolute Gasteiger partial charge is 0.496 e. The summed E-state index contributed by atoms with van der Waals surface area (Å²) in [5, 5.41) is 0. The van der Waals surface area contributed by atoms with Gasteiger partial charge in [-0.3, -0.25) is 0 Å². The van der Waals surface area contributed by atoms with Crippen LogP contribution in [0.25, 0.3) is 0 Å². The van der Waals surface area contributed by atoms with Crippen LogP contribution < -0.4 is 24.0 Å². The van der Waals surface area contributed by atoms with Crippen molar-refractivity contribution in [2.24, 2.45) is 0 Å². The van der Waals surface area contributed by atoms with E-state index in [9.17, 15) is 0 Å². The van der Waals surface area contributed by atoms with Crippen molar-refractivity contribution in [3.8, 4) is 17.2 Å². The second-order valence-electron chi connectivity index (χ2n) is 7.80. The average Bonchev–Trinajstić information content (AvgIpc) is 2.71. The number of hydrogen-bond acceptors (Lipinski definition) is 3. The Bertz CT molecular complexity index is 799. The summed E-state index contributed by atoms with van der Waals surface area (Å²) in [6.45, 7) is 11.2. The third-order valence-electron chi connectivity index (χ3n) is 5.83. The Labute approximate surface area is 168 Å². The maximum atomic E-state index is 5.60. The fourth-order valence-corrected chi connectivity index (χ4v) is 4.12. The first kappa shape index (κ1) is 20.5. The van der Waals surface area contributed by atoms with Gasteiger partial charge in [-0.1, -0.05) is 23.8 Å². The number of piperazine rings is 1. The average molecular weight is 387 g/mol. The second-order valence-corrected chi connectivity index (χ2v) is 7.80. The topological polar surface area (TPSA) is 36.6 Å². The zero-order chi connectivity index (χ0) is 20.1. The van der Waals surface area contributed by atoms with E-state index in [-0.39, 0.29) is 0 Å². The maximum absolute atomic E-state index is 5.60. The van der Waals surface area contributed by atoms with Gasteiger partial charge < -0.3 is 24.0 Å². The molecule has 2 aromatic carbocycles. The van der Waals surface area contributed by atoms with E-state index in [0.717, 1.165) is 37.7 Å². The molecule has 0 aliphatic carbocycles. The highest BCUT2D eigenvalue weighted by molar-refractivity contribution is 5.50. The summed E-state index contributed by atoms with van der Waals surface area (Å²) in [6.07, 6.45) is 0. The van der Waals surface area contributed by atoms with Crippen LogP contribution in [-0.2, 0) is 13.1 Å². The molecule has 5 heteroatoms. The van der Waals surface area contributed by atoms with Crippen molar-refractivity contribution in [2.75, 3.05) is 47.5 Å². The molecule has 1 aliphatic rings. The van der Waals surface area contributed by atoms with Gasteiger partial charge in [0.15, 0.2) is 11.5 Å². The van der Waals surface area contributed by atoms with E-state index in [0.29, 0.717) is 5.75 Å². The van der Waals surface area contributed by atoms with Crippen LogP contribution in [0.4, 0.5) is 0 Å². The summed E-state index contributed by atoms with van der Waals surface area (Å²) in [6, 6.07) is 10.8. The van der Waals surface area contributed by atoms with Crippen LogP contribution >= 0.6 is 0 Å². The van der Waals surface area contributed by atoms with Gasteiger partial charge >= 0.3 is 0 Å². The van der Waals surface area contributed by atoms with Gasteiger partial charge in [0.05, 0.1) is 26.9 Å². The van der Waals surface area contributed by atoms with E-state index < -0.39 is 0 Å². The quantitative estimate of drug-likeness (QED) is 0.740. The molecular weight excluding hydrogens is 352 g/mol. The standard InChI is InChI=1S/C23H32N2O3/c1-17-6-7-19(18(2)12-17)15-24-8-10-25(11-9-24)16-20-13-22(27-4)23(28-5)14-21(20)26-3/h6-7,12-14H,8-11,15-16H2,1-5H3/p+2. The van der Waals surface area contributed by atoms with Crippen LogP contribution in [-0.4, -0.2) is 47.5 Å². The molecule has 2 aromatic rings. The Morgan fingerprint density at radius 2 is 1.21 bits per heavy atom. The normalized spacial score (nSPS) is 19.3. The lowest BCUT2D eigenvalue weighted by Gasteiger charge is -2.30. The first-order chi connectivity index (χ1) is 13.5. The molecule has 5 nitrogen and oxygen atoms in total. The van der Waals surface area contributed by atoms with Crippen molar-refractivity contribution in [1.82, 2.24) is 0 Å². The van der Waals surface area contributed by atoms with E-state index in [1.54, 1.807) is 31.1 Å². The highest BCUT2D eigenvalue weighted by Gasteiger charge is 2.25. The number of methoxy groups -OCH3 is 3. The van der Waals surface area contributed by atoms with E-state index >= 15 is 0 Å². The molecule has 1 fully saturated rings. The van der Waals surface area contributed by atoms with Crippen LogP contribution in [0.15, 0.2) is 30.3 Å². The molecule has 0 saturated carbocycles. The third-order valence-corrected chi connectivity index (χ3v) is 5.83. The molecule has 1 aliphatic heterocycles. The highest BCUT2D eigenvalue weighted by Crippen LogP contribution is 2.34. The lowest BCUT2D eigenvalue weighted by Crippen LogP contribution is -3.27. The molecule has 28 heavy (non-hydrogen) atoms. The van der Waals surface area contributed by atoms with Crippen molar-refractivity contribution >= 4 is 0 Å². The Morgan fingerprint density at radius 1 is 0.679 bits per heavy atom. The molecule has 2 N–H and O–H groups in total. The molecule has 0 radical (unpaired) electrons. The van der Waals surface area contributed by atoms with Crippen molar-refractivity contribution < 1.29 is 24.0 Å². The van der Waals surface area contributed by atoms with Gasteiger partial charge in [0.2, 0.25) is 0 Å². The van der Waals surface area contributed by atoms with Gasteiger partial charge in [0, 0.05) is 11.6 Å². The van der Waals surface area contributed by atoms with Crippen LogP contribution in [0.5, 0.6) is 17.2 Å². The molecule has 0 aromatic heterocycles. The smallest absolute Gasteiger partial charge is 0.164 e. The van der Waals surface area contributed by atoms with Crippen molar-refractivity contribution in [1.29, 1.82) is 0 Å². The highest BCUT2D eigenvalue weighted by atomic mass is 16.5. The van der Waals surface area contributed by atoms with Crippen molar-refractivity contribution in [3.05, 3.63) is 52.6 Å². The Balaban J connectivity index is 1.61. The van der Waals surface area contributed by atoms with Crippen LogP contribution in [0.3, 0.4) is 0 Å². The fourth-order valence-electron chi connectivity index (χ4n) is 4.12. The third kappa shape index (κ3) is 4.78. The molecule has 0 bridgehead atoms. The van der Waals surface area contributed by atoms with Crippen LogP contribution in [0.1, 0.15) is 22.3 Å². The van der Waals surface area contributed by atoms with Crippen LogP contribution in [0, 0.1) is 13.8 Å². The zero-order valence-corrected chi connectivity index (χ0v) is 17.9. The lowest BCUT2D eigenvalue weighted by molar-refractivity contribution is -1.02. The summed E-state index contributed by atoms with van der Waals surface area (Å²) >= 11 is 0. The van der Waals surface area contributed by atoms with E-state index in [4.69, 9.17) is 14.2 Å². The molecule has 3 rings (SSSR count). The van der Waals surface area contributed by atoms with Crippen molar-refractivity contribution in [3.63, 3.8) is 0 Å². The number of ether oxygens (including phenoxy) is 3. The van der Waals surface area contributed by atoms with E-state index in [1.807, 2.05) is 6.07 Å². The predicted molar refractivity (Wildman–Crippen MR) is 111 cm³/mol. The minimum atomic E-state index is 0.709. The predicted octanol–water partition coefficient (Wildman–Crippen LogP) is 0.813. The number of aryl methyl sites for hydroxylation is 2. The second kappa shape index (κ2) is 9.30. The molecular formula is C23H34N2O3+2. The van der Waals surface area contributed by atoms with Crippen molar-refractivity contribution in [2.45, 2.75) is 26.9 Å². The number of nitrogens with one attached hydrogen (secondary N) is 2. The van der Waals surface area contributed by atoms with Crippen LogP contribution in [0.2, 0.25) is 0 Å². The number of benzene rings is 2. The Hall–Kier alpha value is -2.24. The van der Waals surface area contributed by atoms with Gasteiger partial charge in [-0.25, -0.2) is 0 Å². The molecule has 1 heterocycles. The first-order valence-corrected chi connectivity index (χ1v) is 10.1. The lowest BCUT2D eigenvalue weighted by atomic mass is 10.0. The Kier molecular flexibility index (Phi) is 6.81. The first-order valence-electron chi connectivity index (χ1n) is 10.1. The van der Waals surface area contributed by atoms with Gasteiger partial charge in [-0.05, 0) is 25.5 Å². The molecule has 0 spiro atoms. The number of rotatable bonds is 7. The minimum Gasteiger partial charge on any atom is -0.496 e. The van der Waals surface area contributed by atoms with E-state index in [1.165, 1.54) is 35.3 Å². The monoisotopic (exact) mass is 386 g/mol. The van der Waals surface area contributed by atoms with E-state index in [2.05, 4.69) is 38.1 Å². The molecule has 0 amide bonds. The summed E-state index contributed by atoms with van der Waals surface area (Å²) < 4.78 is 16.5. The van der Waals surface area contributed by atoms with Gasteiger partial charge in [0.25, 0.3) is 0 Å². The van der Waals surface area contributed by atoms with Gasteiger partial charge in [0.1, 0.15) is 45.0 Å². The molecule has 0 unspecified atom stereocenters. The number of hydrogen-bond donors (Lipinski definition) is 2. The minimum absolute atomic E-state index is 0.709. The molecule has 1 saturated heterocycles. The molecule has 152 valence electrons. The fraction of sp³-hybridized carbons (Fsp3) is 0.478. The maximum Gasteiger partial charge on any atom is 0.164 e. The van der Waals surface area contributed by atoms with Gasteiger partial charge in [-0.2, -0.15) is 0 Å².